The molecule has 2 saturated heterocycles. The average Bonchev–Trinajstić information content (AvgIpc) is 3.99. The van der Waals surface area contributed by atoms with E-state index in [1.165, 1.54) is 5.56 Å². The van der Waals surface area contributed by atoms with E-state index >= 15 is 0 Å². The summed E-state index contributed by atoms with van der Waals surface area (Å²) < 4.78 is 27.5. The zero-order chi connectivity index (χ0) is 54.4. The fourth-order valence-corrected chi connectivity index (χ4v) is 8.89. The summed E-state index contributed by atoms with van der Waals surface area (Å²) in [5.74, 6) is 1.88. The van der Waals surface area contributed by atoms with Gasteiger partial charge >= 0.3 is 0 Å². The number of carbonyl (C=O) groups is 2. The number of alkyl halides is 2. The molecule has 0 bridgehead atoms. The second-order valence-electron chi connectivity index (χ2n) is 22.0. The Kier molecular flexibility index (Phi) is 21.2. The Morgan fingerprint density at radius 1 is 0.613 bits per heavy atom. The Hall–Kier alpha value is -5.03. The van der Waals surface area contributed by atoms with Gasteiger partial charge in [-0.1, -0.05) is 163 Å². The number of hydrogen-bond acceptors (Lipinski definition) is 11. The van der Waals surface area contributed by atoms with Crippen LogP contribution in [0.4, 0.5) is 0 Å². The van der Waals surface area contributed by atoms with Crippen LogP contribution in [0.15, 0.2) is 121 Å². The SMILES string of the molecule is CC1(C)OCC(CN(C(=O)CCl)[C@@H](c2nc(-c3ccccc3)nn2Cc2ccccc2)C(C)(C)C)CO1.CC1(C)OCC(CN[C@@H](c2nc(-c3ccccc3)nn2Cc2ccccc2)C(C)(C)C)CO1.O=C(Cl)CCl. The summed E-state index contributed by atoms with van der Waals surface area (Å²) in [5, 5.41) is 13.1. The maximum absolute atomic E-state index is 13.4. The molecule has 0 unspecified atom stereocenters. The molecule has 17 heteroatoms. The molecule has 0 saturated carbocycles. The normalized spacial score (nSPS) is 16.7. The molecule has 0 radical (unpaired) electrons. The molecule has 4 aromatic carbocycles. The molecule has 8 rings (SSSR count). The van der Waals surface area contributed by atoms with Gasteiger partial charge in [0.1, 0.15) is 11.7 Å². The minimum Gasteiger partial charge on any atom is -0.350 e. The Balaban J connectivity index is 0.000000225. The first-order valence-corrected chi connectivity index (χ1v) is 27.0. The lowest BCUT2D eigenvalue weighted by atomic mass is 9.84. The van der Waals surface area contributed by atoms with Crippen LogP contribution < -0.4 is 5.32 Å². The van der Waals surface area contributed by atoms with E-state index in [2.05, 4.69) is 100 Å². The third-order valence-corrected chi connectivity index (χ3v) is 13.3. The van der Waals surface area contributed by atoms with Crippen LogP contribution in [0.1, 0.15) is 104 Å². The number of nitrogens with one attached hydrogen (secondary N) is 1. The van der Waals surface area contributed by atoms with Gasteiger partial charge in [-0.2, -0.15) is 10.2 Å². The fraction of sp³-hybridized carbons (Fsp3) is 0.483. The maximum Gasteiger partial charge on any atom is 0.238 e. The van der Waals surface area contributed by atoms with Crippen molar-refractivity contribution >= 4 is 46.0 Å². The monoisotopic (exact) mass is 1080 g/mol. The van der Waals surface area contributed by atoms with E-state index in [9.17, 15) is 9.59 Å². The van der Waals surface area contributed by atoms with Gasteiger partial charge in [-0.3, -0.25) is 9.59 Å². The third kappa shape index (κ3) is 17.8. The van der Waals surface area contributed by atoms with E-state index in [1.54, 1.807) is 0 Å². The van der Waals surface area contributed by atoms with E-state index in [0.29, 0.717) is 57.8 Å². The van der Waals surface area contributed by atoms with Gasteiger partial charge in [0, 0.05) is 36.1 Å². The van der Waals surface area contributed by atoms with Crippen LogP contribution in [0.5, 0.6) is 0 Å². The molecule has 0 spiro atoms. The number of hydrogen-bond donors (Lipinski definition) is 1. The lowest BCUT2D eigenvalue weighted by Crippen LogP contribution is -2.49. The van der Waals surface area contributed by atoms with Crippen LogP contribution >= 0.6 is 34.8 Å². The molecule has 75 heavy (non-hydrogen) atoms. The highest BCUT2D eigenvalue weighted by Gasteiger charge is 2.41. The van der Waals surface area contributed by atoms with Gasteiger partial charge < -0.3 is 29.2 Å². The number of aromatic nitrogens is 6. The molecule has 14 nitrogen and oxygen atoms in total. The summed E-state index contributed by atoms with van der Waals surface area (Å²) >= 11 is 15.7. The summed E-state index contributed by atoms with van der Waals surface area (Å²) in [7, 11) is 0. The Bertz CT molecular complexity index is 2670. The van der Waals surface area contributed by atoms with Crippen LogP contribution in [0, 0.1) is 22.7 Å². The smallest absolute Gasteiger partial charge is 0.238 e. The van der Waals surface area contributed by atoms with E-state index in [0.717, 1.165) is 40.7 Å². The first kappa shape index (κ1) is 59.2. The quantitative estimate of drug-likeness (QED) is 0.0729. The molecular formula is C58H75Cl3N8O6. The Labute approximate surface area is 458 Å². The number of carbonyl (C=O) groups excluding carboxylic acids is 2. The second-order valence-corrected chi connectivity index (χ2v) is 23.0. The lowest BCUT2D eigenvalue weighted by molar-refractivity contribution is -0.263. The third-order valence-electron chi connectivity index (χ3n) is 12.6. The van der Waals surface area contributed by atoms with Crippen molar-refractivity contribution in [2.75, 3.05) is 51.3 Å². The van der Waals surface area contributed by atoms with Crippen LogP contribution in [0.2, 0.25) is 0 Å². The van der Waals surface area contributed by atoms with E-state index in [1.807, 2.05) is 110 Å². The van der Waals surface area contributed by atoms with E-state index in [4.69, 9.17) is 73.9 Å². The number of halogens is 3. The van der Waals surface area contributed by atoms with Gasteiger partial charge in [0.15, 0.2) is 29.0 Å². The number of ether oxygens (including phenoxy) is 4. The molecule has 6 aromatic rings. The van der Waals surface area contributed by atoms with E-state index < -0.39 is 16.8 Å². The molecular weight excluding hydrogens is 1010 g/mol. The minimum atomic E-state index is -0.623. The van der Waals surface area contributed by atoms with Crippen molar-refractivity contribution < 1.29 is 28.5 Å². The van der Waals surface area contributed by atoms with Gasteiger partial charge in [-0.05, 0) is 61.3 Å². The summed E-state index contributed by atoms with van der Waals surface area (Å²) in [5.41, 5.74) is 3.83. The van der Waals surface area contributed by atoms with Crippen molar-refractivity contribution in [2.24, 2.45) is 22.7 Å². The topological polar surface area (TPSA) is 148 Å². The molecule has 2 fully saturated rings. The largest absolute Gasteiger partial charge is 0.350 e. The van der Waals surface area contributed by atoms with Crippen LogP contribution in [-0.4, -0.2) is 108 Å². The van der Waals surface area contributed by atoms with Gasteiger partial charge in [-0.15, -0.1) is 23.2 Å². The molecule has 2 aliphatic heterocycles. The van der Waals surface area contributed by atoms with Gasteiger partial charge in [-0.25, -0.2) is 19.3 Å². The summed E-state index contributed by atoms with van der Waals surface area (Å²) in [6.45, 7) is 25.6. The summed E-state index contributed by atoms with van der Waals surface area (Å²) in [4.78, 5) is 34.8. The maximum atomic E-state index is 13.4. The first-order chi connectivity index (χ1) is 35.6. The zero-order valence-electron chi connectivity index (χ0n) is 45.1. The Morgan fingerprint density at radius 3 is 1.39 bits per heavy atom. The van der Waals surface area contributed by atoms with Crippen LogP contribution in [0.25, 0.3) is 22.8 Å². The molecule has 1 N–H and O–H groups in total. The second kappa shape index (κ2) is 26.8. The van der Waals surface area contributed by atoms with Gasteiger partial charge in [0.05, 0.1) is 57.5 Å². The fourth-order valence-electron chi connectivity index (χ4n) is 8.74. The lowest BCUT2D eigenvalue weighted by Gasteiger charge is -2.43. The van der Waals surface area contributed by atoms with Crippen molar-refractivity contribution in [3.05, 3.63) is 144 Å². The molecule has 4 heterocycles. The van der Waals surface area contributed by atoms with Gasteiger partial charge in [0.25, 0.3) is 0 Å². The average molecular weight is 1090 g/mol. The van der Waals surface area contributed by atoms with Crippen molar-refractivity contribution in [3.63, 3.8) is 0 Å². The van der Waals surface area contributed by atoms with Crippen molar-refractivity contribution in [2.45, 2.75) is 106 Å². The number of nitrogens with zero attached hydrogens (tertiary/aromatic N) is 7. The molecule has 1 amide bonds. The van der Waals surface area contributed by atoms with Crippen molar-refractivity contribution in [1.29, 1.82) is 0 Å². The number of rotatable bonds is 16. The van der Waals surface area contributed by atoms with E-state index in [-0.39, 0.29) is 46.5 Å². The molecule has 2 atom stereocenters. The van der Waals surface area contributed by atoms with Crippen molar-refractivity contribution in [3.8, 4) is 22.8 Å². The highest BCUT2D eigenvalue weighted by Crippen LogP contribution is 2.40. The Morgan fingerprint density at radius 2 is 1.00 bits per heavy atom. The molecule has 0 aliphatic carbocycles. The number of benzene rings is 4. The summed E-state index contributed by atoms with van der Waals surface area (Å²) in [6, 6.07) is 40.3. The van der Waals surface area contributed by atoms with Gasteiger partial charge in [0.2, 0.25) is 11.1 Å². The standard InChI is InChI=1S/C29H37ClN4O3.C27H36N4O2.C2H2Cl2O/c1-28(2,3)25(33(24(35)16-30)17-22-19-36-29(4,5)37-20-22)27-31-26(23-14-10-7-11-15-23)32-34(27)18-21-12-8-6-9-13-21;1-26(2,3)23(28-16-21-18-32-27(4,5)33-19-21)25-29-24(22-14-10-7-11-15-22)30-31(25)17-20-12-8-6-9-13-20;3-1-2(4)5/h6-15,22,25H,16-20H2,1-5H3;6-15,21,23,28H,16-19H2,1-5H3;1H2/t25-;23-;/m00./s1. The first-order valence-electron chi connectivity index (χ1n) is 25.5. The van der Waals surface area contributed by atoms with Crippen LogP contribution in [-0.2, 0) is 41.6 Å². The summed E-state index contributed by atoms with van der Waals surface area (Å²) in [6.07, 6.45) is 0. The zero-order valence-corrected chi connectivity index (χ0v) is 47.4. The molecule has 404 valence electrons. The highest BCUT2D eigenvalue weighted by atomic mass is 35.5. The molecule has 2 aliphatic rings. The minimum absolute atomic E-state index is 0.0149. The predicted octanol–water partition coefficient (Wildman–Crippen LogP) is 11.6. The van der Waals surface area contributed by atoms with Crippen molar-refractivity contribution in [1.82, 2.24) is 39.7 Å². The van der Waals surface area contributed by atoms with Crippen LogP contribution in [0.3, 0.4) is 0 Å². The predicted molar refractivity (Wildman–Crippen MR) is 297 cm³/mol. The molecule has 2 aromatic heterocycles. The highest BCUT2D eigenvalue weighted by molar-refractivity contribution is 6.67. The number of amides is 1.